The highest BCUT2D eigenvalue weighted by atomic mass is 32.2. The minimum atomic E-state index is -4.12. The molecule has 1 N–H and O–H groups in total. The second-order valence-corrected chi connectivity index (χ2v) is 9.03. The van der Waals surface area contributed by atoms with Crippen LogP contribution >= 0.6 is 0 Å². The summed E-state index contributed by atoms with van der Waals surface area (Å²) >= 11 is 0. The molecule has 190 valence electrons. The number of hydrogen-bond donors (Lipinski definition) is 1. The molecule has 0 atom stereocenters. The van der Waals surface area contributed by atoms with Crippen molar-refractivity contribution in [1.29, 1.82) is 0 Å². The van der Waals surface area contributed by atoms with Gasteiger partial charge in [0.1, 0.15) is 22.1 Å². The Morgan fingerprint density at radius 3 is 1.94 bits per heavy atom. The second kappa shape index (κ2) is 11.5. The van der Waals surface area contributed by atoms with Gasteiger partial charge >= 0.3 is 10.1 Å². The first-order valence-corrected chi connectivity index (χ1v) is 12.1. The summed E-state index contributed by atoms with van der Waals surface area (Å²) in [5, 5.41) is 2.67. The van der Waals surface area contributed by atoms with E-state index in [1.807, 2.05) is 6.92 Å². The molecule has 3 aromatic carbocycles. The Hall–Kier alpha value is -4.18. The Kier molecular flexibility index (Phi) is 8.44. The number of benzene rings is 3. The number of nitrogens with one attached hydrogen (secondary N) is 1. The van der Waals surface area contributed by atoms with Crippen LogP contribution in [-0.4, -0.2) is 42.8 Å². The predicted octanol–water partition coefficient (Wildman–Crippen LogP) is 4.45. The predicted molar refractivity (Wildman–Crippen MR) is 136 cm³/mol. The molecule has 1 amide bonds. The second-order valence-electron chi connectivity index (χ2n) is 7.48. The summed E-state index contributed by atoms with van der Waals surface area (Å²) in [6, 6.07) is 14.0. The molecule has 0 heterocycles. The maximum absolute atomic E-state index is 12.7. The Morgan fingerprint density at radius 2 is 1.39 bits per heavy atom. The van der Waals surface area contributed by atoms with E-state index in [-0.39, 0.29) is 16.4 Å². The normalized spacial score (nSPS) is 11.1. The number of anilines is 1. The van der Waals surface area contributed by atoms with Gasteiger partial charge in [0.2, 0.25) is 5.91 Å². The largest absolute Gasteiger partial charge is 0.496 e. The molecule has 0 unspecified atom stereocenters. The molecule has 0 bridgehead atoms. The number of rotatable bonds is 10. The molecule has 0 aliphatic rings. The van der Waals surface area contributed by atoms with Crippen LogP contribution in [0.25, 0.3) is 6.08 Å². The third kappa shape index (κ3) is 6.28. The number of carbonyl (C=O) groups excluding carboxylic acids is 1. The maximum Gasteiger partial charge on any atom is 0.339 e. The van der Waals surface area contributed by atoms with Crippen molar-refractivity contribution >= 4 is 27.8 Å². The summed E-state index contributed by atoms with van der Waals surface area (Å²) in [6.45, 7) is 1.85. The third-order valence-corrected chi connectivity index (χ3v) is 6.34. The molecule has 36 heavy (non-hydrogen) atoms. The van der Waals surface area contributed by atoms with E-state index in [0.717, 1.165) is 5.56 Å². The average Bonchev–Trinajstić information content (AvgIpc) is 2.87. The van der Waals surface area contributed by atoms with E-state index in [9.17, 15) is 13.2 Å². The van der Waals surface area contributed by atoms with Crippen LogP contribution in [-0.2, 0) is 14.9 Å². The quantitative estimate of drug-likeness (QED) is 0.313. The number of carbonyl (C=O) groups is 1. The van der Waals surface area contributed by atoms with Gasteiger partial charge in [0.25, 0.3) is 0 Å². The van der Waals surface area contributed by atoms with Crippen molar-refractivity contribution in [2.24, 2.45) is 0 Å². The molecule has 0 fully saturated rings. The van der Waals surface area contributed by atoms with Gasteiger partial charge in [-0.2, -0.15) is 8.42 Å². The fourth-order valence-corrected chi connectivity index (χ4v) is 4.16. The van der Waals surface area contributed by atoms with Crippen LogP contribution in [0.3, 0.4) is 0 Å². The molecule has 0 aromatic heterocycles. The number of hydrogen-bond acceptors (Lipinski definition) is 8. The van der Waals surface area contributed by atoms with Crippen molar-refractivity contribution in [1.82, 2.24) is 0 Å². The van der Waals surface area contributed by atoms with Crippen molar-refractivity contribution < 1.29 is 36.3 Å². The molecule has 3 rings (SSSR count). The van der Waals surface area contributed by atoms with E-state index >= 15 is 0 Å². The lowest BCUT2D eigenvalue weighted by atomic mass is 10.1. The van der Waals surface area contributed by atoms with Gasteiger partial charge in [0, 0.05) is 30.0 Å². The first-order chi connectivity index (χ1) is 17.2. The van der Waals surface area contributed by atoms with Crippen LogP contribution in [0, 0.1) is 6.92 Å². The van der Waals surface area contributed by atoms with E-state index in [1.165, 1.54) is 64.9 Å². The molecule has 0 saturated carbocycles. The molecule has 3 aromatic rings. The van der Waals surface area contributed by atoms with E-state index in [0.29, 0.717) is 28.5 Å². The lowest BCUT2D eigenvalue weighted by Crippen LogP contribution is -2.12. The molecular weight excluding hydrogens is 486 g/mol. The Balaban J connectivity index is 1.83. The number of amides is 1. The van der Waals surface area contributed by atoms with Crippen molar-refractivity contribution in [3.05, 3.63) is 71.8 Å². The molecule has 0 aliphatic carbocycles. The molecule has 0 radical (unpaired) electrons. The van der Waals surface area contributed by atoms with Crippen molar-refractivity contribution in [3.63, 3.8) is 0 Å². The standard InChI is InChI=1S/C26H27NO8S/c1-17-6-9-20(10-7-17)36(29,30)35-25-14-18(8-12-22(25)32-3)27-26(28)13-11-21-23(33-4)15-19(31-2)16-24(21)34-5/h6-16H,1-5H3,(H,27,28). The zero-order valence-electron chi connectivity index (χ0n) is 20.5. The Morgan fingerprint density at radius 1 is 0.778 bits per heavy atom. The van der Waals surface area contributed by atoms with Crippen molar-refractivity contribution in [3.8, 4) is 28.7 Å². The zero-order valence-corrected chi connectivity index (χ0v) is 21.3. The van der Waals surface area contributed by atoms with Gasteiger partial charge in [0.05, 0.1) is 34.0 Å². The van der Waals surface area contributed by atoms with Gasteiger partial charge in [-0.25, -0.2) is 0 Å². The highest BCUT2D eigenvalue weighted by Gasteiger charge is 2.20. The summed E-state index contributed by atoms with van der Waals surface area (Å²) in [7, 11) is 1.78. The third-order valence-electron chi connectivity index (χ3n) is 5.09. The first-order valence-electron chi connectivity index (χ1n) is 10.7. The summed E-state index contributed by atoms with van der Waals surface area (Å²) in [4.78, 5) is 12.6. The van der Waals surface area contributed by atoms with Crippen molar-refractivity contribution in [2.75, 3.05) is 33.8 Å². The maximum atomic E-state index is 12.7. The molecular formula is C26H27NO8S. The Labute approximate surface area is 210 Å². The molecule has 0 aliphatic heterocycles. The average molecular weight is 514 g/mol. The molecule has 10 heteroatoms. The van der Waals surface area contributed by atoms with E-state index in [1.54, 1.807) is 30.3 Å². The number of ether oxygens (including phenoxy) is 4. The highest BCUT2D eigenvalue weighted by Crippen LogP contribution is 2.35. The van der Waals surface area contributed by atoms with E-state index in [4.69, 9.17) is 23.1 Å². The van der Waals surface area contributed by atoms with Crippen LogP contribution in [0.4, 0.5) is 5.69 Å². The minimum Gasteiger partial charge on any atom is -0.496 e. The summed E-state index contributed by atoms with van der Waals surface area (Å²) in [5.74, 6) is 1.09. The Bertz CT molecular complexity index is 1340. The highest BCUT2D eigenvalue weighted by molar-refractivity contribution is 7.87. The van der Waals surface area contributed by atoms with Gasteiger partial charge in [0.15, 0.2) is 11.5 Å². The van der Waals surface area contributed by atoms with E-state index in [2.05, 4.69) is 5.32 Å². The van der Waals surface area contributed by atoms with Gasteiger partial charge < -0.3 is 28.4 Å². The van der Waals surface area contributed by atoms with Crippen LogP contribution in [0.1, 0.15) is 11.1 Å². The topological polar surface area (TPSA) is 109 Å². The first kappa shape index (κ1) is 26.4. The van der Waals surface area contributed by atoms with E-state index < -0.39 is 16.0 Å². The van der Waals surface area contributed by atoms with Crippen LogP contribution in [0.15, 0.2) is 65.6 Å². The lowest BCUT2D eigenvalue weighted by Gasteiger charge is -2.13. The molecule has 9 nitrogen and oxygen atoms in total. The number of aryl methyl sites for hydroxylation is 1. The van der Waals surface area contributed by atoms with Crippen LogP contribution < -0.4 is 28.4 Å². The monoisotopic (exact) mass is 513 g/mol. The molecule has 0 saturated heterocycles. The zero-order chi connectivity index (χ0) is 26.3. The summed E-state index contributed by atoms with van der Waals surface area (Å²) < 4.78 is 52.0. The lowest BCUT2D eigenvalue weighted by molar-refractivity contribution is -0.111. The van der Waals surface area contributed by atoms with Gasteiger partial charge in [-0.05, 0) is 37.3 Å². The van der Waals surface area contributed by atoms with Gasteiger partial charge in [-0.1, -0.05) is 17.7 Å². The minimum absolute atomic E-state index is 0.00471. The van der Waals surface area contributed by atoms with Gasteiger partial charge in [-0.3, -0.25) is 4.79 Å². The summed E-state index contributed by atoms with van der Waals surface area (Å²) in [6.07, 6.45) is 2.83. The smallest absolute Gasteiger partial charge is 0.339 e. The fourth-order valence-electron chi connectivity index (χ4n) is 3.23. The fraction of sp³-hybridized carbons (Fsp3) is 0.192. The van der Waals surface area contributed by atoms with Crippen LogP contribution in [0.5, 0.6) is 28.7 Å². The SMILES string of the molecule is COc1cc(OC)c(C=CC(=O)Nc2ccc(OC)c(OS(=O)(=O)c3ccc(C)cc3)c2)c(OC)c1. The summed E-state index contributed by atoms with van der Waals surface area (Å²) in [5.41, 5.74) is 1.75. The molecule has 0 spiro atoms. The number of methoxy groups -OCH3 is 4. The van der Waals surface area contributed by atoms with Gasteiger partial charge in [-0.15, -0.1) is 0 Å². The van der Waals surface area contributed by atoms with Crippen molar-refractivity contribution in [2.45, 2.75) is 11.8 Å². The van der Waals surface area contributed by atoms with Crippen LogP contribution in [0.2, 0.25) is 0 Å².